The summed E-state index contributed by atoms with van der Waals surface area (Å²) in [7, 11) is 0. The molecule has 0 aliphatic carbocycles. The number of halogens is 5. The zero-order valence-corrected chi connectivity index (χ0v) is 14.5. The van der Waals surface area contributed by atoms with E-state index in [1.54, 1.807) is 11.8 Å². The molecule has 9 heteroatoms. The minimum Gasteiger partial charge on any atom is -0.435 e. The average molecular weight is 396 g/mol. The number of thioether (sulfide) groups is 1. The van der Waals surface area contributed by atoms with Crippen LogP contribution in [0, 0.1) is 0 Å². The van der Waals surface area contributed by atoms with Crippen molar-refractivity contribution >= 4 is 17.3 Å². The van der Waals surface area contributed by atoms with Gasteiger partial charge in [0.15, 0.2) is 6.29 Å². The van der Waals surface area contributed by atoms with Gasteiger partial charge in [0.05, 0.1) is 24.0 Å². The molecule has 0 atom stereocenters. The van der Waals surface area contributed by atoms with Crippen LogP contribution in [0.3, 0.4) is 0 Å². The van der Waals surface area contributed by atoms with Gasteiger partial charge in [-0.25, -0.2) is 0 Å². The SMILES string of the molecule is CSC1COC(/C=C/C=C(/c2ccc(OC(F)F)cc2)C(F)(F)F)OC1. The highest BCUT2D eigenvalue weighted by molar-refractivity contribution is 7.99. The predicted octanol–water partition coefficient (Wildman–Crippen LogP) is 4.89. The average Bonchev–Trinajstić information content (AvgIpc) is 2.59. The van der Waals surface area contributed by atoms with E-state index >= 15 is 0 Å². The molecule has 1 heterocycles. The highest BCUT2D eigenvalue weighted by Crippen LogP contribution is 2.34. The Kier molecular flexibility index (Phi) is 7.48. The molecule has 0 spiro atoms. The number of hydrogen-bond donors (Lipinski definition) is 0. The number of alkyl halides is 5. The van der Waals surface area contributed by atoms with Gasteiger partial charge in [0.2, 0.25) is 0 Å². The molecule has 2 rings (SSSR count). The number of ether oxygens (including phenoxy) is 3. The molecule has 0 amide bonds. The molecule has 1 aliphatic rings. The molecule has 1 aromatic carbocycles. The number of benzene rings is 1. The highest BCUT2D eigenvalue weighted by Gasteiger charge is 2.34. The summed E-state index contributed by atoms with van der Waals surface area (Å²) in [5.74, 6) is -0.215. The Morgan fingerprint density at radius 2 is 1.81 bits per heavy atom. The first-order valence-electron chi connectivity index (χ1n) is 7.56. The lowest BCUT2D eigenvalue weighted by Gasteiger charge is -2.26. The lowest BCUT2D eigenvalue weighted by atomic mass is 10.0. The molecule has 0 saturated carbocycles. The Morgan fingerprint density at radius 1 is 1.19 bits per heavy atom. The van der Waals surface area contributed by atoms with Gasteiger partial charge in [-0.1, -0.05) is 18.2 Å². The number of rotatable bonds is 6. The van der Waals surface area contributed by atoms with E-state index in [0.717, 1.165) is 30.3 Å². The quantitative estimate of drug-likeness (QED) is 0.505. The van der Waals surface area contributed by atoms with E-state index in [1.165, 1.54) is 12.2 Å². The van der Waals surface area contributed by atoms with Gasteiger partial charge in [-0.3, -0.25) is 0 Å². The maximum Gasteiger partial charge on any atom is 0.416 e. The summed E-state index contributed by atoms with van der Waals surface area (Å²) in [5.41, 5.74) is -1.09. The summed E-state index contributed by atoms with van der Waals surface area (Å²) in [6.07, 6.45) is 0.0755. The van der Waals surface area contributed by atoms with Gasteiger partial charge in [-0.2, -0.15) is 33.7 Å². The second-order valence-electron chi connectivity index (χ2n) is 5.26. The van der Waals surface area contributed by atoms with Gasteiger partial charge in [0, 0.05) is 0 Å². The van der Waals surface area contributed by atoms with Crippen LogP contribution in [0.25, 0.3) is 5.57 Å². The summed E-state index contributed by atoms with van der Waals surface area (Å²) >= 11 is 1.59. The first-order valence-corrected chi connectivity index (χ1v) is 8.85. The van der Waals surface area contributed by atoms with Crippen LogP contribution in [0.15, 0.2) is 42.5 Å². The minimum atomic E-state index is -4.62. The minimum absolute atomic E-state index is 0.170. The normalized spacial score (nSPS) is 22.2. The van der Waals surface area contributed by atoms with E-state index in [9.17, 15) is 22.0 Å². The van der Waals surface area contributed by atoms with Crippen molar-refractivity contribution in [2.24, 2.45) is 0 Å². The van der Waals surface area contributed by atoms with E-state index in [4.69, 9.17) is 9.47 Å². The predicted molar refractivity (Wildman–Crippen MR) is 89.2 cm³/mol. The molecule has 1 fully saturated rings. The largest absolute Gasteiger partial charge is 0.435 e. The fraction of sp³-hybridized carbons (Fsp3) is 0.412. The van der Waals surface area contributed by atoms with Crippen LogP contribution in [-0.4, -0.2) is 43.8 Å². The van der Waals surface area contributed by atoms with Crippen molar-refractivity contribution in [3.63, 3.8) is 0 Å². The molecule has 1 aliphatic heterocycles. The first kappa shape index (κ1) is 20.7. The van der Waals surface area contributed by atoms with Crippen molar-refractivity contribution in [1.29, 1.82) is 0 Å². The summed E-state index contributed by atoms with van der Waals surface area (Å²) in [5, 5.41) is 0.204. The first-order chi connectivity index (χ1) is 12.3. The van der Waals surface area contributed by atoms with Crippen LogP contribution in [0.1, 0.15) is 5.56 Å². The molecule has 1 aromatic rings. The molecule has 144 valence electrons. The Balaban J connectivity index is 2.09. The van der Waals surface area contributed by atoms with E-state index in [-0.39, 0.29) is 16.6 Å². The van der Waals surface area contributed by atoms with E-state index in [1.807, 2.05) is 6.26 Å². The molecular weight excluding hydrogens is 379 g/mol. The Bertz CT molecular complexity index is 620. The molecule has 0 bridgehead atoms. The third-order valence-corrected chi connectivity index (χ3v) is 4.39. The fourth-order valence-corrected chi connectivity index (χ4v) is 2.59. The molecule has 3 nitrogen and oxygen atoms in total. The molecule has 26 heavy (non-hydrogen) atoms. The van der Waals surface area contributed by atoms with Crippen molar-refractivity contribution in [3.8, 4) is 5.75 Å². The zero-order valence-electron chi connectivity index (χ0n) is 13.7. The van der Waals surface area contributed by atoms with Crippen LogP contribution in [0.2, 0.25) is 0 Å². The maximum absolute atomic E-state index is 13.3. The van der Waals surface area contributed by atoms with Crippen LogP contribution in [0.4, 0.5) is 22.0 Å². The summed E-state index contributed by atoms with van der Waals surface area (Å²) in [6, 6.07) is 4.25. The van der Waals surface area contributed by atoms with Crippen molar-refractivity contribution in [1.82, 2.24) is 0 Å². The smallest absolute Gasteiger partial charge is 0.416 e. The van der Waals surface area contributed by atoms with Gasteiger partial charge in [0.25, 0.3) is 0 Å². The molecule has 0 aromatic heterocycles. The second kappa shape index (κ2) is 9.38. The number of allylic oxidation sites excluding steroid dienone is 3. The number of hydrogen-bond acceptors (Lipinski definition) is 4. The topological polar surface area (TPSA) is 27.7 Å². The van der Waals surface area contributed by atoms with Crippen LogP contribution in [-0.2, 0) is 9.47 Å². The lowest BCUT2D eigenvalue weighted by molar-refractivity contribution is -0.146. The Hall–Kier alpha value is -1.58. The zero-order chi connectivity index (χ0) is 19.2. The van der Waals surface area contributed by atoms with Gasteiger partial charge in [-0.15, -0.1) is 0 Å². The van der Waals surface area contributed by atoms with Crippen molar-refractivity contribution in [2.75, 3.05) is 19.5 Å². The van der Waals surface area contributed by atoms with E-state index < -0.39 is 24.7 Å². The Morgan fingerprint density at radius 3 is 2.31 bits per heavy atom. The van der Waals surface area contributed by atoms with Crippen LogP contribution in [0.5, 0.6) is 5.75 Å². The fourth-order valence-electron chi connectivity index (χ4n) is 2.16. The second-order valence-corrected chi connectivity index (χ2v) is 6.40. The van der Waals surface area contributed by atoms with E-state index in [0.29, 0.717) is 13.2 Å². The molecule has 0 unspecified atom stereocenters. The lowest BCUT2D eigenvalue weighted by Crippen LogP contribution is -2.32. The summed E-state index contributed by atoms with van der Waals surface area (Å²) in [4.78, 5) is 0. The van der Waals surface area contributed by atoms with Crippen molar-refractivity contribution in [2.45, 2.75) is 24.3 Å². The van der Waals surface area contributed by atoms with Gasteiger partial charge >= 0.3 is 12.8 Å². The highest BCUT2D eigenvalue weighted by atomic mass is 32.2. The van der Waals surface area contributed by atoms with Gasteiger partial charge in [-0.05, 0) is 36.1 Å². The van der Waals surface area contributed by atoms with Crippen LogP contribution < -0.4 is 4.74 Å². The Labute approximate surface area is 151 Å². The molecule has 0 radical (unpaired) electrons. The summed E-state index contributed by atoms with van der Waals surface area (Å²) < 4.78 is 78.9. The summed E-state index contributed by atoms with van der Waals surface area (Å²) in [6.45, 7) is -2.13. The monoisotopic (exact) mass is 396 g/mol. The molecular formula is C17H17F5O3S. The van der Waals surface area contributed by atoms with Crippen molar-refractivity contribution < 1.29 is 36.2 Å². The molecule has 1 saturated heterocycles. The third kappa shape index (κ3) is 6.30. The third-order valence-electron chi connectivity index (χ3n) is 3.45. The van der Waals surface area contributed by atoms with Crippen LogP contribution >= 0.6 is 11.8 Å². The maximum atomic E-state index is 13.3. The van der Waals surface area contributed by atoms with Crippen molar-refractivity contribution in [3.05, 3.63) is 48.1 Å². The van der Waals surface area contributed by atoms with Gasteiger partial charge < -0.3 is 14.2 Å². The standard InChI is InChI=1S/C17H17F5O3S/c1-26-13-9-23-15(24-10-13)4-2-3-14(17(20,21)22)11-5-7-12(8-6-11)25-16(18)19/h2-8,13,15-16H,9-10H2,1H3/b4-2+,14-3-. The van der Waals surface area contributed by atoms with E-state index in [2.05, 4.69) is 4.74 Å². The molecule has 0 N–H and O–H groups in total. The van der Waals surface area contributed by atoms with Gasteiger partial charge in [0.1, 0.15) is 5.75 Å².